The third-order valence-electron chi connectivity index (χ3n) is 5.21. The molecule has 0 saturated carbocycles. The smallest absolute Gasteiger partial charge is 0.259 e. The highest BCUT2D eigenvalue weighted by Crippen LogP contribution is 2.32. The highest BCUT2D eigenvalue weighted by Gasteiger charge is 2.23. The van der Waals surface area contributed by atoms with Gasteiger partial charge < -0.3 is 9.84 Å². The molecule has 4 aromatic heterocycles. The summed E-state index contributed by atoms with van der Waals surface area (Å²) >= 11 is 0. The molecule has 1 amide bonds. The minimum Gasteiger partial charge on any atom is -0.335 e. The number of amides is 1. The number of fused-ring (bicyclic) bond motifs is 1. The number of pyridine rings is 2. The van der Waals surface area contributed by atoms with E-state index in [1.54, 1.807) is 16.9 Å². The minimum absolute atomic E-state index is 0.273. The Balaban J connectivity index is 1.68. The van der Waals surface area contributed by atoms with Gasteiger partial charge in [0.1, 0.15) is 17.2 Å². The third-order valence-corrected chi connectivity index (χ3v) is 5.21. The first-order chi connectivity index (χ1) is 15.6. The number of hydrogen-bond acceptors (Lipinski definition) is 6. The predicted molar refractivity (Wildman–Crippen MR) is 121 cm³/mol. The van der Waals surface area contributed by atoms with Gasteiger partial charge in [-0.25, -0.2) is 9.97 Å². The van der Waals surface area contributed by atoms with Gasteiger partial charge in [-0.05, 0) is 37.6 Å². The predicted octanol–water partition coefficient (Wildman–Crippen LogP) is 4.73. The number of carbonyl (C=O) groups is 1. The Bertz CT molecular complexity index is 1420. The van der Waals surface area contributed by atoms with Crippen molar-refractivity contribution >= 4 is 22.8 Å². The number of aryl methyl sites for hydroxylation is 2. The summed E-state index contributed by atoms with van der Waals surface area (Å²) in [4.78, 5) is 22.3. The van der Waals surface area contributed by atoms with E-state index in [1.165, 1.54) is 0 Å². The van der Waals surface area contributed by atoms with E-state index in [0.29, 0.717) is 33.8 Å². The van der Waals surface area contributed by atoms with Crippen LogP contribution in [-0.2, 0) is 6.54 Å². The van der Waals surface area contributed by atoms with Gasteiger partial charge in [-0.15, -0.1) is 0 Å². The molecule has 0 bridgehead atoms. The Morgan fingerprint density at radius 2 is 1.94 bits per heavy atom. The van der Waals surface area contributed by atoms with Crippen molar-refractivity contribution in [3.05, 3.63) is 78.1 Å². The second-order valence-corrected chi connectivity index (χ2v) is 7.31. The fourth-order valence-corrected chi connectivity index (χ4v) is 3.52. The molecule has 0 radical (unpaired) electrons. The summed E-state index contributed by atoms with van der Waals surface area (Å²) in [6.07, 6.45) is 3.51. The zero-order valence-electron chi connectivity index (χ0n) is 17.6. The van der Waals surface area contributed by atoms with Crippen LogP contribution in [0.25, 0.3) is 33.7 Å². The van der Waals surface area contributed by atoms with E-state index in [9.17, 15) is 4.79 Å². The summed E-state index contributed by atoms with van der Waals surface area (Å²) in [7, 11) is 0. The minimum atomic E-state index is -0.323. The van der Waals surface area contributed by atoms with Gasteiger partial charge in [-0.3, -0.25) is 9.48 Å². The largest absolute Gasteiger partial charge is 0.335 e. The number of carbonyl (C=O) groups excluding carboxylic acids is 1. The van der Waals surface area contributed by atoms with Crippen molar-refractivity contribution in [2.75, 3.05) is 5.32 Å². The van der Waals surface area contributed by atoms with E-state index in [2.05, 4.69) is 25.5 Å². The zero-order chi connectivity index (χ0) is 22.1. The van der Waals surface area contributed by atoms with Crippen LogP contribution in [0.3, 0.4) is 0 Å². The molecular weight excluding hydrogens is 404 g/mol. The van der Waals surface area contributed by atoms with Gasteiger partial charge in [0.25, 0.3) is 11.6 Å². The molecule has 0 saturated heterocycles. The fraction of sp³-hybridized carbons (Fsp3) is 0.125. The molecule has 0 aliphatic heterocycles. The van der Waals surface area contributed by atoms with Crippen LogP contribution >= 0.6 is 0 Å². The van der Waals surface area contributed by atoms with Gasteiger partial charge in [-0.2, -0.15) is 5.10 Å². The number of benzene rings is 1. The number of nitrogens with one attached hydrogen (secondary N) is 1. The lowest BCUT2D eigenvalue weighted by atomic mass is 10.0. The van der Waals surface area contributed by atoms with E-state index >= 15 is 0 Å². The van der Waals surface area contributed by atoms with E-state index in [0.717, 1.165) is 17.7 Å². The maximum atomic E-state index is 13.4. The van der Waals surface area contributed by atoms with Crippen LogP contribution in [0.2, 0.25) is 0 Å². The van der Waals surface area contributed by atoms with Crippen molar-refractivity contribution in [2.24, 2.45) is 0 Å². The Kier molecular flexibility index (Phi) is 4.95. The Labute approximate surface area is 183 Å². The summed E-state index contributed by atoms with van der Waals surface area (Å²) in [5.41, 5.74) is 4.09. The van der Waals surface area contributed by atoms with Gasteiger partial charge in [0.2, 0.25) is 0 Å². The van der Waals surface area contributed by atoms with Gasteiger partial charge in [-0.1, -0.05) is 41.6 Å². The SMILES string of the molecule is CCn1ccc(-c2cc(C(=O)Nc3ncccc3C)c3c(-c4ccccc4)noc3n2)n1. The third kappa shape index (κ3) is 3.51. The molecule has 8 nitrogen and oxygen atoms in total. The van der Waals surface area contributed by atoms with Crippen LogP contribution in [0.15, 0.2) is 71.5 Å². The van der Waals surface area contributed by atoms with Crippen LogP contribution in [0.4, 0.5) is 5.82 Å². The summed E-state index contributed by atoms with van der Waals surface area (Å²) in [6.45, 7) is 4.63. The molecule has 0 spiro atoms. The molecule has 5 aromatic rings. The number of nitrogens with zero attached hydrogens (tertiary/aromatic N) is 5. The molecule has 1 aromatic carbocycles. The molecule has 5 rings (SSSR count). The normalized spacial score (nSPS) is 11.1. The second-order valence-electron chi connectivity index (χ2n) is 7.31. The molecule has 8 heteroatoms. The number of rotatable bonds is 5. The monoisotopic (exact) mass is 424 g/mol. The molecule has 4 heterocycles. The van der Waals surface area contributed by atoms with Crippen LogP contribution in [0.5, 0.6) is 0 Å². The first-order valence-corrected chi connectivity index (χ1v) is 10.3. The molecule has 0 unspecified atom stereocenters. The lowest BCUT2D eigenvalue weighted by molar-refractivity contribution is 0.102. The van der Waals surface area contributed by atoms with Crippen LogP contribution in [0.1, 0.15) is 22.8 Å². The standard InChI is InChI=1S/C24H20N6O2/c1-3-30-13-11-18(28-30)19-14-17(23(31)27-22-15(2)8-7-12-25-22)20-21(29-32-24(20)26-19)16-9-5-4-6-10-16/h4-14H,3H2,1-2H3,(H,25,27,31). The molecule has 158 valence electrons. The Hall–Kier alpha value is -4.33. The second kappa shape index (κ2) is 8.07. The number of aromatic nitrogens is 5. The molecule has 32 heavy (non-hydrogen) atoms. The van der Waals surface area contributed by atoms with E-state index in [4.69, 9.17) is 4.52 Å². The summed E-state index contributed by atoms with van der Waals surface area (Å²) in [5, 5.41) is 12.2. The van der Waals surface area contributed by atoms with Crippen LogP contribution in [0, 0.1) is 6.92 Å². The Morgan fingerprint density at radius 3 is 2.69 bits per heavy atom. The molecule has 0 aliphatic rings. The molecule has 1 N–H and O–H groups in total. The average Bonchev–Trinajstić information content (AvgIpc) is 3.48. The summed E-state index contributed by atoms with van der Waals surface area (Å²) < 4.78 is 7.37. The lowest BCUT2D eigenvalue weighted by Gasteiger charge is -2.09. The summed E-state index contributed by atoms with van der Waals surface area (Å²) in [6, 6.07) is 16.9. The number of hydrogen-bond donors (Lipinski definition) is 1. The van der Waals surface area contributed by atoms with Gasteiger partial charge in [0.15, 0.2) is 0 Å². The van der Waals surface area contributed by atoms with Crippen molar-refractivity contribution in [2.45, 2.75) is 20.4 Å². The highest BCUT2D eigenvalue weighted by atomic mass is 16.5. The van der Waals surface area contributed by atoms with E-state index in [1.807, 2.05) is 68.6 Å². The van der Waals surface area contributed by atoms with Gasteiger partial charge in [0, 0.05) is 24.5 Å². The molecule has 0 atom stereocenters. The van der Waals surface area contributed by atoms with Crippen molar-refractivity contribution in [1.29, 1.82) is 0 Å². The maximum Gasteiger partial charge on any atom is 0.259 e. The first kappa shape index (κ1) is 19.6. The topological polar surface area (TPSA) is 98.7 Å². The van der Waals surface area contributed by atoms with Crippen molar-refractivity contribution in [3.8, 4) is 22.6 Å². The maximum absolute atomic E-state index is 13.4. The van der Waals surface area contributed by atoms with Crippen molar-refractivity contribution < 1.29 is 9.32 Å². The molecule has 0 fully saturated rings. The Morgan fingerprint density at radius 1 is 1.09 bits per heavy atom. The highest BCUT2D eigenvalue weighted by molar-refractivity contribution is 6.15. The van der Waals surface area contributed by atoms with Crippen molar-refractivity contribution in [3.63, 3.8) is 0 Å². The lowest BCUT2D eigenvalue weighted by Crippen LogP contribution is -2.15. The molecule has 0 aliphatic carbocycles. The number of anilines is 1. The van der Waals surface area contributed by atoms with Crippen molar-refractivity contribution in [1.82, 2.24) is 24.9 Å². The first-order valence-electron chi connectivity index (χ1n) is 10.3. The van der Waals surface area contributed by atoms with Crippen LogP contribution < -0.4 is 5.32 Å². The summed E-state index contributed by atoms with van der Waals surface area (Å²) in [5.74, 6) is 0.174. The van der Waals surface area contributed by atoms with E-state index in [-0.39, 0.29) is 11.6 Å². The van der Waals surface area contributed by atoms with Gasteiger partial charge in [0.05, 0.1) is 16.6 Å². The fourth-order valence-electron chi connectivity index (χ4n) is 3.52. The van der Waals surface area contributed by atoms with Gasteiger partial charge >= 0.3 is 0 Å². The average molecular weight is 424 g/mol. The quantitative estimate of drug-likeness (QED) is 0.438. The van der Waals surface area contributed by atoms with Crippen LogP contribution in [-0.4, -0.2) is 30.8 Å². The molecular formula is C24H20N6O2. The zero-order valence-corrected chi connectivity index (χ0v) is 17.6. The van der Waals surface area contributed by atoms with E-state index < -0.39 is 0 Å².